The molecule has 4 aromatic rings. The standard InChI is InChI=1S/C24H20Cl2N2O3S/c1-16-7-2-3-8-17(16)15-32(30,31)22-13-28(21-12-5-4-9-18(21)22)14-23(29)27-20-11-6-10-19(25)24(20)26/h2-13H,14-15H2,1H3,(H,27,29). The Morgan fingerprint density at radius 3 is 2.47 bits per heavy atom. The maximum absolute atomic E-state index is 13.3. The highest BCUT2D eigenvalue weighted by Crippen LogP contribution is 2.31. The van der Waals surface area contributed by atoms with E-state index in [1.54, 1.807) is 41.0 Å². The highest BCUT2D eigenvalue weighted by Gasteiger charge is 2.23. The van der Waals surface area contributed by atoms with Gasteiger partial charge in [0.05, 0.1) is 26.4 Å². The van der Waals surface area contributed by atoms with Gasteiger partial charge < -0.3 is 9.88 Å². The first-order valence-electron chi connectivity index (χ1n) is 9.85. The van der Waals surface area contributed by atoms with E-state index in [-0.39, 0.29) is 28.1 Å². The molecular formula is C24H20Cl2N2O3S. The molecule has 0 aliphatic carbocycles. The van der Waals surface area contributed by atoms with Crippen molar-refractivity contribution in [2.24, 2.45) is 0 Å². The van der Waals surface area contributed by atoms with E-state index in [0.29, 0.717) is 21.6 Å². The molecule has 0 spiro atoms. The van der Waals surface area contributed by atoms with Crippen molar-refractivity contribution < 1.29 is 13.2 Å². The molecule has 3 aromatic carbocycles. The maximum atomic E-state index is 13.3. The highest BCUT2D eigenvalue weighted by atomic mass is 35.5. The van der Waals surface area contributed by atoms with Crippen LogP contribution in [-0.2, 0) is 26.9 Å². The number of halogens is 2. The quantitative estimate of drug-likeness (QED) is 0.370. The van der Waals surface area contributed by atoms with E-state index in [1.807, 2.05) is 37.3 Å². The predicted octanol–water partition coefficient (Wildman–Crippen LogP) is 5.87. The smallest absolute Gasteiger partial charge is 0.244 e. The second-order valence-corrected chi connectivity index (χ2v) is 10.2. The molecule has 1 heterocycles. The summed E-state index contributed by atoms with van der Waals surface area (Å²) in [6.07, 6.45) is 1.53. The summed E-state index contributed by atoms with van der Waals surface area (Å²) in [5, 5.41) is 3.90. The number of sulfone groups is 1. The fraction of sp³-hybridized carbons (Fsp3) is 0.125. The summed E-state index contributed by atoms with van der Waals surface area (Å²) in [5.74, 6) is -0.462. The van der Waals surface area contributed by atoms with Crippen LogP contribution in [-0.4, -0.2) is 18.9 Å². The molecule has 0 aliphatic rings. The molecule has 0 aliphatic heterocycles. The van der Waals surface area contributed by atoms with Crippen LogP contribution in [0.15, 0.2) is 77.8 Å². The maximum Gasteiger partial charge on any atom is 0.244 e. The molecule has 8 heteroatoms. The van der Waals surface area contributed by atoms with Gasteiger partial charge in [0.25, 0.3) is 0 Å². The number of nitrogens with zero attached hydrogens (tertiary/aromatic N) is 1. The number of anilines is 1. The molecule has 0 saturated heterocycles. The molecule has 32 heavy (non-hydrogen) atoms. The molecule has 1 N–H and O–H groups in total. The minimum Gasteiger partial charge on any atom is -0.337 e. The molecule has 4 rings (SSSR count). The zero-order valence-corrected chi connectivity index (χ0v) is 19.5. The van der Waals surface area contributed by atoms with E-state index in [2.05, 4.69) is 5.32 Å². The van der Waals surface area contributed by atoms with Gasteiger partial charge in [-0.25, -0.2) is 8.42 Å². The largest absolute Gasteiger partial charge is 0.337 e. The monoisotopic (exact) mass is 486 g/mol. The Hall–Kier alpha value is -2.80. The van der Waals surface area contributed by atoms with Gasteiger partial charge in [-0.3, -0.25) is 4.79 Å². The van der Waals surface area contributed by atoms with Crippen LogP contribution in [0.25, 0.3) is 10.9 Å². The van der Waals surface area contributed by atoms with Gasteiger partial charge in [-0.15, -0.1) is 0 Å². The number of hydrogen-bond acceptors (Lipinski definition) is 3. The number of nitrogens with one attached hydrogen (secondary N) is 1. The molecule has 0 fully saturated rings. The number of carbonyl (C=O) groups is 1. The zero-order valence-electron chi connectivity index (χ0n) is 17.2. The average Bonchev–Trinajstić information content (AvgIpc) is 3.12. The number of para-hydroxylation sites is 1. The van der Waals surface area contributed by atoms with Gasteiger partial charge >= 0.3 is 0 Å². The van der Waals surface area contributed by atoms with E-state index < -0.39 is 9.84 Å². The first-order valence-corrected chi connectivity index (χ1v) is 12.3. The second kappa shape index (κ2) is 8.98. The first kappa shape index (κ1) is 22.4. The van der Waals surface area contributed by atoms with Crippen LogP contribution in [0.2, 0.25) is 10.0 Å². The third kappa shape index (κ3) is 4.53. The number of benzene rings is 3. The number of aromatic nitrogens is 1. The Morgan fingerprint density at radius 2 is 1.69 bits per heavy atom. The van der Waals surface area contributed by atoms with Crippen LogP contribution < -0.4 is 5.32 Å². The van der Waals surface area contributed by atoms with Crippen LogP contribution in [0.5, 0.6) is 0 Å². The summed E-state index contributed by atoms with van der Waals surface area (Å²) in [6.45, 7) is 1.81. The summed E-state index contributed by atoms with van der Waals surface area (Å²) in [7, 11) is -3.64. The van der Waals surface area contributed by atoms with Crippen molar-refractivity contribution in [3.63, 3.8) is 0 Å². The van der Waals surface area contributed by atoms with Crippen LogP contribution >= 0.6 is 23.2 Å². The second-order valence-electron chi connectivity index (χ2n) is 7.47. The Bertz CT molecular complexity index is 1430. The Morgan fingerprint density at radius 1 is 0.969 bits per heavy atom. The molecule has 0 radical (unpaired) electrons. The lowest BCUT2D eigenvalue weighted by molar-refractivity contribution is -0.116. The summed E-state index contributed by atoms with van der Waals surface area (Å²) in [5.41, 5.74) is 2.71. The van der Waals surface area contributed by atoms with Crippen LogP contribution in [0, 0.1) is 6.92 Å². The minimum atomic E-state index is -3.64. The average molecular weight is 487 g/mol. The van der Waals surface area contributed by atoms with Crippen molar-refractivity contribution in [1.29, 1.82) is 0 Å². The van der Waals surface area contributed by atoms with Crippen LogP contribution in [0.3, 0.4) is 0 Å². The van der Waals surface area contributed by atoms with Gasteiger partial charge in [0, 0.05) is 17.1 Å². The number of rotatable bonds is 6. The third-order valence-corrected chi connectivity index (χ3v) is 7.74. The molecule has 0 saturated carbocycles. The molecular weight excluding hydrogens is 467 g/mol. The fourth-order valence-corrected chi connectivity index (χ4v) is 5.62. The summed E-state index contributed by atoms with van der Waals surface area (Å²) >= 11 is 12.2. The number of amides is 1. The topological polar surface area (TPSA) is 68.2 Å². The fourth-order valence-electron chi connectivity index (χ4n) is 3.59. The van der Waals surface area contributed by atoms with Crippen molar-refractivity contribution in [3.05, 3.63) is 94.1 Å². The lowest BCUT2D eigenvalue weighted by Crippen LogP contribution is -2.18. The number of carbonyl (C=O) groups excluding carboxylic acids is 1. The first-order chi connectivity index (χ1) is 15.3. The molecule has 164 valence electrons. The molecule has 0 atom stereocenters. The highest BCUT2D eigenvalue weighted by molar-refractivity contribution is 7.90. The SMILES string of the molecule is Cc1ccccc1CS(=O)(=O)c1cn(CC(=O)Nc2cccc(Cl)c2Cl)c2ccccc12. The predicted molar refractivity (Wildman–Crippen MR) is 129 cm³/mol. The van der Waals surface area contributed by atoms with Crippen molar-refractivity contribution >= 4 is 55.5 Å². The van der Waals surface area contributed by atoms with Gasteiger partial charge in [-0.05, 0) is 36.2 Å². The Labute approximate surface area is 196 Å². The van der Waals surface area contributed by atoms with Gasteiger partial charge in [0.2, 0.25) is 5.91 Å². The van der Waals surface area contributed by atoms with E-state index in [9.17, 15) is 13.2 Å². The van der Waals surface area contributed by atoms with E-state index in [1.165, 1.54) is 6.20 Å². The number of fused-ring (bicyclic) bond motifs is 1. The van der Waals surface area contributed by atoms with Gasteiger partial charge in [-0.2, -0.15) is 0 Å². The third-order valence-electron chi connectivity index (χ3n) is 5.23. The molecule has 5 nitrogen and oxygen atoms in total. The summed E-state index contributed by atoms with van der Waals surface area (Å²) in [6, 6.07) is 19.5. The Kier molecular flexibility index (Phi) is 6.29. The van der Waals surface area contributed by atoms with Crippen molar-refractivity contribution in [1.82, 2.24) is 4.57 Å². The van der Waals surface area contributed by atoms with Crippen molar-refractivity contribution in [2.45, 2.75) is 24.1 Å². The van der Waals surface area contributed by atoms with Crippen molar-refractivity contribution in [2.75, 3.05) is 5.32 Å². The van der Waals surface area contributed by atoms with Gasteiger partial charge in [0.15, 0.2) is 9.84 Å². The van der Waals surface area contributed by atoms with E-state index in [0.717, 1.165) is 11.1 Å². The summed E-state index contributed by atoms with van der Waals surface area (Å²) in [4.78, 5) is 12.9. The molecule has 1 amide bonds. The van der Waals surface area contributed by atoms with Crippen LogP contribution in [0.1, 0.15) is 11.1 Å². The Balaban J connectivity index is 1.66. The molecule has 0 unspecified atom stereocenters. The zero-order chi connectivity index (χ0) is 22.9. The van der Waals surface area contributed by atoms with Crippen molar-refractivity contribution in [3.8, 4) is 0 Å². The minimum absolute atomic E-state index is 0.0801. The lowest BCUT2D eigenvalue weighted by atomic mass is 10.1. The van der Waals surface area contributed by atoms with E-state index >= 15 is 0 Å². The van der Waals surface area contributed by atoms with Crippen LogP contribution in [0.4, 0.5) is 5.69 Å². The summed E-state index contributed by atoms with van der Waals surface area (Å²) < 4.78 is 28.2. The van der Waals surface area contributed by atoms with E-state index in [4.69, 9.17) is 23.2 Å². The molecule has 1 aromatic heterocycles. The normalized spacial score (nSPS) is 11.6. The number of hydrogen-bond donors (Lipinski definition) is 1. The number of aryl methyl sites for hydroxylation is 1. The molecule has 0 bridgehead atoms. The van der Waals surface area contributed by atoms with Gasteiger partial charge in [0.1, 0.15) is 6.54 Å². The lowest BCUT2D eigenvalue weighted by Gasteiger charge is -2.09. The van der Waals surface area contributed by atoms with Gasteiger partial charge in [-0.1, -0.05) is 71.7 Å².